The second-order valence-corrected chi connectivity index (χ2v) is 5.55. The fraction of sp³-hybridized carbons (Fsp3) is 0.294. The molecule has 0 spiro atoms. The molecule has 1 atom stereocenters. The van der Waals surface area contributed by atoms with Crippen molar-refractivity contribution in [2.45, 2.75) is 26.2 Å². The minimum absolute atomic E-state index is 0.0438. The molecule has 0 fully saturated rings. The maximum Gasteiger partial charge on any atom is 0.248 e. The number of benzene rings is 1. The number of carbonyl (C=O) groups is 1. The molecule has 1 amide bonds. The van der Waals surface area contributed by atoms with E-state index in [2.05, 4.69) is 22.5 Å². The summed E-state index contributed by atoms with van der Waals surface area (Å²) in [6, 6.07) is 7.20. The maximum absolute atomic E-state index is 12.2. The van der Waals surface area contributed by atoms with E-state index in [-0.39, 0.29) is 17.4 Å². The molecule has 4 nitrogen and oxygen atoms in total. The molecule has 0 saturated carbocycles. The van der Waals surface area contributed by atoms with Crippen molar-refractivity contribution < 1.29 is 4.79 Å². The molecule has 2 N–H and O–H groups in total. The van der Waals surface area contributed by atoms with E-state index in [0.29, 0.717) is 0 Å². The van der Waals surface area contributed by atoms with E-state index < -0.39 is 0 Å². The smallest absolute Gasteiger partial charge is 0.248 e. The number of pyridine rings is 1. The van der Waals surface area contributed by atoms with Gasteiger partial charge in [0.2, 0.25) is 11.5 Å². The predicted octanol–water partition coefficient (Wildman–Crippen LogP) is 3.13. The molecule has 1 heterocycles. The van der Waals surface area contributed by atoms with Gasteiger partial charge in [0.25, 0.3) is 0 Å². The van der Waals surface area contributed by atoms with E-state index in [1.54, 1.807) is 6.07 Å². The molecule has 1 unspecified atom stereocenters. The van der Waals surface area contributed by atoms with Crippen LogP contribution in [0.25, 0.3) is 10.9 Å². The summed E-state index contributed by atoms with van der Waals surface area (Å²) in [6.45, 7) is 1.91. The molecule has 1 aliphatic carbocycles. The lowest BCUT2D eigenvalue weighted by Crippen LogP contribution is -2.23. The van der Waals surface area contributed by atoms with Gasteiger partial charge in [0, 0.05) is 23.1 Å². The highest BCUT2D eigenvalue weighted by atomic mass is 16.2. The van der Waals surface area contributed by atoms with Crippen LogP contribution in [0.4, 0.5) is 5.69 Å². The summed E-state index contributed by atoms with van der Waals surface area (Å²) in [6.07, 6.45) is 6.84. The number of allylic oxidation sites excluding steroid dienone is 2. The van der Waals surface area contributed by atoms with Gasteiger partial charge in [-0.2, -0.15) is 0 Å². The van der Waals surface area contributed by atoms with E-state index >= 15 is 0 Å². The first-order valence-corrected chi connectivity index (χ1v) is 7.23. The number of aromatic nitrogens is 1. The summed E-state index contributed by atoms with van der Waals surface area (Å²) in [5.74, 6) is 0.0935. The van der Waals surface area contributed by atoms with Gasteiger partial charge in [-0.05, 0) is 43.9 Å². The molecule has 0 bridgehead atoms. The van der Waals surface area contributed by atoms with Gasteiger partial charge in [-0.25, -0.2) is 0 Å². The molecule has 21 heavy (non-hydrogen) atoms. The summed E-state index contributed by atoms with van der Waals surface area (Å²) >= 11 is 0. The van der Waals surface area contributed by atoms with Crippen LogP contribution >= 0.6 is 0 Å². The zero-order chi connectivity index (χ0) is 14.8. The maximum atomic E-state index is 12.2. The molecular weight excluding hydrogens is 264 g/mol. The minimum atomic E-state index is -0.124. The minimum Gasteiger partial charge on any atom is -0.326 e. The number of nitrogens with one attached hydrogen (secondary N) is 2. The molecule has 1 aromatic carbocycles. The first kappa shape index (κ1) is 13.6. The number of aryl methyl sites for hydroxylation is 1. The van der Waals surface area contributed by atoms with Crippen LogP contribution in [0.1, 0.15) is 24.8 Å². The van der Waals surface area contributed by atoms with Gasteiger partial charge in [-0.15, -0.1) is 0 Å². The van der Waals surface area contributed by atoms with Crippen LogP contribution in [-0.2, 0) is 4.79 Å². The highest BCUT2D eigenvalue weighted by Crippen LogP contribution is 2.22. The number of hydrogen-bond donors (Lipinski definition) is 2. The Morgan fingerprint density at radius 3 is 2.90 bits per heavy atom. The Morgan fingerprint density at radius 2 is 2.14 bits per heavy atom. The zero-order valence-corrected chi connectivity index (χ0v) is 12.0. The summed E-state index contributed by atoms with van der Waals surface area (Å²) in [5, 5.41) is 3.94. The Morgan fingerprint density at radius 1 is 1.29 bits per heavy atom. The van der Waals surface area contributed by atoms with E-state index in [9.17, 15) is 9.59 Å². The van der Waals surface area contributed by atoms with Crippen LogP contribution in [0.2, 0.25) is 0 Å². The first-order chi connectivity index (χ1) is 10.1. The summed E-state index contributed by atoms with van der Waals surface area (Å²) in [4.78, 5) is 26.6. The van der Waals surface area contributed by atoms with Crippen molar-refractivity contribution in [3.05, 3.63) is 52.3 Å². The monoisotopic (exact) mass is 282 g/mol. The SMILES string of the molecule is Cc1cc(=O)[nH]c2cc(NC(=O)C3CC=CCC3)ccc12. The van der Waals surface area contributed by atoms with Crippen molar-refractivity contribution >= 4 is 22.5 Å². The van der Waals surface area contributed by atoms with Gasteiger partial charge >= 0.3 is 0 Å². The molecule has 0 aliphatic heterocycles. The first-order valence-electron chi connectivity index (χ1n) is 7.23. The third kappa shape index (κ3) is 2.89. The number of fused-ring (bicyclic) bond motifs is 1. The van der Waals surface area contributed by atoms with E-state index in [0.717, 1.165) is 41.4 Å². The lowest BCUT2D eigenvalue weighted by Gasteiger charge is -2.17. The molecule has 3 rings (SSSR count). The Kier molecular flexibility index (Phi) is 3.60. The Hall–Kier alpha value is -2.36. The van der Waals surface area contributed by atoms with Crippen molar-refractivity contribution in [1.29, 1.82) is 0 Å². The lowest BCUT2D eigenvalue weighted by molar-refractivity contribution is -0.120. The van der Waals surface area contributed by atoms with Crippen LogP contribution in [-0.4, -0.2) is 10.9 Å². The van der Waals surface area contributed by atoms with Crippen LogP contribution in [0.15, 0.2) is 41.2 Å². The Balaban J connectivity index is 1.86. The third-order valence-corrected chi connectivity index (χ3v) is 3.96. The Labute approximate surface area is 122 Å². The predicted molar refractivity (Wildman–Crippen MR) is 84.4 cm³/mol. The molecule has 0 saturated heterocycles. The number of anilines is 1. The number of hydrogen-bond acceptors (Lipinski definition) is 2. The quantitative estimate of drug-likeness (QED) is 0.831. The molecule has 108 valence electrons. The summed E-state index contributed by atoms with van der Waals surface area (Å²) in [5.41, 5.74) is 2.29. The van der Waals surface area contributed by atoms with Crippen molar-refractivity contribution in [1.82, 2.24) is 4.98 Å². The van der Waals surface area contributed by atoms with Gasteiger partial charge in [0.1, 0.15) is 0 Å². The third-order valence-electron chi connectivity index (χ3n) is 3.96. The normalized spacial score (nSPS) is 17.9. The zero-order valence-electron chi connectivity index (χ0n) is 12.0. The largest absolute Gasteiger partial charge is 0.326 e. The topological polar surface area (TPSA) is 62.0 Å². The average molecular weight is 282 g/mol. The number of rotatable bonds is 2. The Bertz CT molecular complexity index is 774. The van der Waals surface area contributed by atoms with Gasteiger partial charge in [0.15, 0.2) is 0 Å². The van der Waals surface area contributed by atoms with Gasteiger partial charge in [-0.3, -0.25) is 9.59 Å². The standard InChI is InChI=1S/C17H18N2O2/c1-11-9-16(20)19-15-10-13(7-8-14(11)15)18-17(21)12-5-3-2-4-6-12/h2-3,7-10,12H,4-6H2,1H3,(H,18,21)(H,19,20). The number of H-pyrrole nitrogens is 1. The second-order valence-electron chi connectivity index (χ2n) is 5.55. The van der Waals surface area contributed by atoms with Crippen molar-refractivity contribution in [2.24, 2.45) is 5.92 Å². The number of carbonyl (C=O) groups excluding carboxylic acids is 1. The molecule has 0 radical (unpaired) electrons. The van der Waals surface area contributed by atoms with Crippen molar-refractivity contribution in [3.63, 3.8) is 0 Å². The van der Waals surface area contributed by atoms with Gasteiger partial charge < -0.3 is 10.3 Å². The van der Waals surface area contributed by atoms with Crippen LogP contribution in [0.5, 0.6) is 0 Å². The van der Waals surface area contributed by atoms with Crippen molar-refractivity contribution in [2.75, 3.05) is 5.32 Å². The molecule has 4 heteroatoms. The molecule has 2 aromatic rings. The van der Waals surface area contributed by atoms with E-state index in [1.165, 1.54) is 0 Å². The van der Waals surface area contributed by atoms with E-state index in [4.69, 9.17) is 0 Å². The highest BCUT2D eigenvalue weighted by Gasteiger charge is 2.18. The van der Waals surface area contributed by atoms with E-state index in [1.807, 2.05) is 25.1 Å². The molecule has 1 aliphatic rings. The van der Waals surface area contributed by atoms with Crippen molar-refractivity contribution in [3.8, 4) is 0 Å². The second kappa shape index (κ2) is 5.56. The molecule has 1 aromatic heterocycles. The van der Waals surface area contributed by atoms with Gasteiger partial charge in [-0.1, -0.05) is 18.2 Å². The van der Waals surface area contributed by atoms with Crippen LogP contribution < -0.4 is 10.9 Å². The fourth-order valence-corrected chi connectivity index (χ4v) is 2.79. The number of aromatic amines is 1. The fourth-order valence-electron chi connectivity index (χ4n) is 2.79. The van der Waals surface area contributed by atoms with Crippen LogP contribution in [0, 0.1) is 12.8 Å². The summed E-state index contributed by atoms with van der Waals surface area (Å²) in [7, 11) is 0. The van der Waals surface area contributed by atoms with Gasteiger partial charge in [0.05, 0.1) is 5.52 Å². The summed E-state index contributed by atoms with van der Waals surface area (Å²) < 4.78 is 0. The lowest BCUT2D eigenvalue weighted by atomic mass is 9.93. The number of amides is 1. The highest BCUT2D eigenvalue weighted by molar-refractivity contribution is 5.95. The average Bonchev–Trinajstić information content (AvgIpc) is 2.47. The molecular formula is C17H18N2O2. The van der Waals surface area contributed by atoms with Crippen LogP contribution in [0.3, 0.4) is 0 Å².